The number of hydrogen-bond donors (Lipinski definition) is 4. The Labute approximate surface area is 172 Å². The highest BCUT2D eigenvalue weighted by molar-refractivity contribution is 5.87. The third-order valence-electron chi connectivity index (χ3n) is 4.49. The third-order valence-corrected chi connectivity index (χ3v) is 4.49. The summed E-state index contributed by atoms with van der Waals surface area (Å²) in [7, 11) is 0. The van der Waals surface area contributed by atoms with Crippen molar-refractivity contribution in [2.45, 2.75) is 20.0 Å². The van der Waals surface area contributed by atoms with Crippen molar-refractivity contribution in [3.8, 4) is 17.2 Å². The molecule has 0 bridgehead atoms. The largest absolute Gasteiger partial charge is 0.508 e. The van der Waals surface area contributed by atoms with Crippen LogP contribution in [0.25, 0.3) is 0 Å². The number of phenolic OH excluding ortho intramolecular Hbond substituents is 1. The summed E-state index contributed by atoms with van der Waals surface area (Å²) >= 11 is 0. The summed E-state index contributed by atoms with van der Waals surface area (Å²) < 4.78 is 16.2. The van der Waals surface area contributed by atoms with E-state index in [-0.39, 0.29) is 12.5 Å². The number of anilines is 1. The van der Waals surface area contributed by atoms with Crippen molar-refractivity contribution >= 4 is 17.7 Å². The summed E-state index contributed by atoms with van der Waals surface area (Å²) in [6.45, 7) is 3.65. The van der Waals surface area contributed by atoms with Gasteiger partial charge in [-0.15, -0.1) is 0 Å². The minimum absolute atomic E-state index is 0.0651. The molecule has 2 aromatic carbocycles. The summed E-state index contributed by atoms with van der Waals surface area (Å²) in [4.78, 5) is 24.0. The topological polar surface area (TPSA) is 126 Å². The quantitative estimate of drug-likeness (QED) is 0.324. The first-order valence-corrected chi connectivity index (χ1v) is 9.08. The third kappa shape index (κ3) is 5.00. The van der Waals surface area contributed by atoms with Gasteiger partial charge < -0.3 is 19.3 Å². The second-order valence-electron chi connectivity index (χ2n) is 7.20. The van der Waals surface area contributed by atoms with Crippen molar-refractivity contribution in [3.63, 3.8) is 0 Å². The molecular formula is C21H22N2O7. The standard InChI is InChI=1S/C21H22N2O7/c1-21(2,10-9-18(25)23-27)19(13-3-6-15(24)7-4-13)30-20(26)22-14-5-8-16-17(11-14)29-12-28-16/h3-11,19,24,27H,12H2,1-2H3,(H,22,26)(H,23,25)/b10-9+/t19-/m0/s1. The van der Waals surface area contributed by atoms with Gasteiger partial charge in [-0.1, -0.05) is 32.1 Å². The fourth-order valence-electron chi connectivity index (χ4n) is 2.94. The van der Waals surface area contributed by atoms with Gasteiger partial charge in [-0.3, -0.25) is 15.3 Å². The minimum atomic E-state index is -0.838. The molecule has 2 aromatic rings. The number of rotatable bonds is 6. The second kappa shape index (κ2) is 8.75. The van der Waals surface area contributed by atoms with Crippen LogP contribution in [-0.4, -0.2) is 29.1 Å². The lowest BCUT2D eigenvalue weighted by atomic mass is 9.82. The van der Waals surface area contributed by atoms with Gasteiger partial charge >= 0.3 is 6.09 Å². The van der Waals surface area contributed by atoms with E-state index in [0.717, 1.165) is 6.08 Å². The van der Waals surface area contributed by atoms with E-state index in [9.17, 15) is 14.7 Å². The van der Waals surface area contributed by atoms with E-state index in [1.165, 1.54) is 23.7 Å². The zero-order valence-corrected chi connectivity index (χ0v) is 16.4. The first-order chi connectivity index (χ1) is 14.3. The number of ether oxygens (including phenoxy) is 3. The fraction of sp³-hybridized carbons (Fsp3) is 0.238. The number of carbonyl (C=O) groups excluding carboxylic acids is 2. The Morgan fingerprint density at radius 1 is 1.13 bits per heavy atom. The smallest absolute Gasteiger partial charge is 0.412 e. The predicted octanol–water partition coefficient (Wildman–Crippen LogP) is 3.50. The Bertz CT molecular complexity index is 954. The molecule has 1 heterocycles. The van der Waals surface area contributed by atoms with Gasteiger partial charge in [0.2, 0.25) is 6.79 Å². The summed E-state index contributed by atoms with van der Waals surface area (Å²) in [5.74, 6) is 0.457. The van der Waals surface area contributed by atoms with Gasteiger partial charge in [0.1, 0.15) is 11.9 Å². The number of fused-ring (bicyclic) bond motifs is 1. The van der Waals surface area contributed by atoms with Crippen LogP contribution >= 0.6 is 0 Å². The lowest BCUT2D eigenvalue weighted by molar-refractivity contribution is -0.124. The number of aromatic hydroxyl groups is 1. The van der Waals surface area contributed by atoms with Gasteiger partial charge in [0.05, 0.1) is 0 Å². The highest BCUT2D eigenvalue weighted by atomic mass is 16.7. The maximum absolute atomic E-state index is 12.6. The Hall–Kier alpha value is -3.72. The molecule has 9 nitrogen and oxygen atoms in total. The van der Waals surface area contributed by atoms with Gasteiger partial charge in [0, 0.05) is 23.2 Å². The number of benzene rings is 2. The van der Waals surface area contributed by atoms with Crippen molar-refractivity contribution in [2.24, 2.45) is 5.41 Å². The van der Waals surface area contributed by atoms with Crippen LogP contribution < -0.4 is 20.3 Å². The monoisotopic (exact) mass is 414 g/mol. The average molecular weight is 414 g/mol. The molecular weight excluding hydrogens is 392 g/mol. The van der Waals surface area contributed by atoms with Crippen LogP contribution in [0.15, 0.2) is 54.6 Å². The molecule has 30 heavy (non-hydrogen) atoms. The Balaban J connectivity index is 1.80. The van der Waals surface area contributed by atoms with Gasteiger partial charge in [-0.2, -0.15) is 0 Å². The molecule has 2 amide bonds. The molecule has 0 aromatic heterocycles. The summed E-state index contributed by atoms with van der Waals surface area (Å²) in [5, 5.41) is 20.9. The van der Waals surface area contributed by atoms with Crippen molar-refractivity contribution in [2.75, 3.05) is 12.1 Å². The van der Waals surface area contributed by atoms with Crippen molar-refractivity contribution in [3.05, 3.63) is 60.2 Å². The molecule has 0 aliphatic carbocycles. The van der Waals surface area contributed by atoms with Crippen molar-refractivity contribution in [1.29, 1.82) is 0 Å². The Morgan fingerprint density at radius 2 is 1.83 bits per heavy atom. The zero-order valence-electron chi connectivity index (χ0n) is 16.4. The zero-order chi connectivity index (χ0) is 21.7. The van der Waals surface area contributed by atoms with Gasteiger partial charge in [0.25, 0.3) is 5.91 Å². The van der Waals surface area contributed by atoms with E-state index >= 15 is 0 Å². The van der Waals surface area contributed by atoms with Crippen LogP contribution in [0, 0.1) is 5.41 Å². The van der Waals surface area contributed by atoms with E-state index in [4.69, 9.17) is 19.4 Å². The van der Waals surface area contributed by atoms with E-state index in [1.54, 1.807) is 44.2 Å². The average Bonchev–Trinajstić information content (AvgIpc) is 3.19. The molecule has 0 spiro atoms. The van der Waals surface area contributed by atoms with Crippen LogP contribution in [0.3, 0.4) is 0 Å². The summed E-state index contributed by atoms with van der Waals surface area (Å²) in [6.07, 6.45) is 1.13. The second-order valence-corrected chi connectivity index (χ2v) is 7.20. The first kappa shape index (κ1) is 21.0. The van der Waals surface area contributed by atoms with E-state index < -0.39 is 23.5 Å². The van der Waals surface area contributed by atoms with E-state index in [2.05, 4.69) is 5.32 Å². The molecule has 0 saturated carbocycles. The van der Waals surface area contributed by atoms with Crippen LogP contribution in [0.2, 0.25) is 0 Å². The molecule has 0 radical (unpaired) electrons. The maximum Gasteiger partial charge on any atom is 0.412 e. The van der Waals surface area contributed by atoms with E-state index in [1.807, 2.05) is 0 Å². The minimum Gasteiger partial charge on any atom is -0.508 e. The van der Waals surface area contributed by atoms with Crippen molar-refractivity contribution in [1.82, 2.24) is 5.48 Å². The lowest BCUT2D eigenvalue weighted by Gasteiger charge is -2.31. The predicted molar refractivity (Wildman–Crippen MR) is 106 cm³/mol. The molecule has 158 valence electrons. The molecule has 0 fully saturated rings. The molecule has 9 heteroatoms. The Kier molecular flexibility index (Phi) is 6.12. The van der Waals surface area contributed by atoms with Crippen molar-refractivity contribution < 1.29 is 34.1 Å². The van der Waals surface area contributed by atoms with E-state index in [0.29, 0.717) is 22.7 Å². The lowest BCUT2D eigenvalue weighted by Crippen LogP contribution is -2.28. The number of hydrogen-bond acceptors (Lipinski definition) is 7. The van der Waals surface area contributed by atoms with Gasteiger partial charge in [0.15, 0.2) is 11.5 Å². The molecule has 1 atom stereocenters. The number of phenols is 1. The molecule has 3 rings (SSSR count). The highest BCUT2D eigenvalue weighted by Gasteiger charge is 2.32. The maximum atomic E-state index is 12.6. The van der Waals surface area contributed by atoms with Crippen LogP contribution in [0.5, 0.6) is 17.2 Å². The van der Waals surface area contributed by atoms with Gasteiger partial charge in [-0.05, 0) is 29.8 Å². The fourth-order valence-corrected chi connectivity index (χ4v) is 2.94. The SMILES string of the molecule is CC(C)(/C=C/C(=O)NO)[C@@H](OC(=O)Nc1ccc2c(c1)OCO2)c1ccc(O)cc1. The number of carbonyl (C=O) groups is 2. The Morgan fingerprint density at radius 3 is 2.53 bits per heavy atom. The normalized spacial score (nSPS) is 13.7. The number of hydroxylamine groups is 1. The molecule has 1 aliphatic heterocycles. The molecule has 4 N–H and O–H groups in total. The molecule has 1 aliphatic rings. The summed E-state index contributed by atoms with van der Waals surface area (Å²) in [6, 6.07) is 11.1. The van der Waals surface area contributed by atoms with Crippen LogP contribution in [0.1, 0.15) is 25.5 Å². The number of amides is 2. The molecule has 0 unspecified atom stereocenters. The summed E-state index contributed by atoms with van der Waals surface area (Å²) in [5.41, 5.74) is 1.74. The van der Waals surface area contributed by atoms with Crippen LogP contribution in [0.4, 0.5) is 10.5 Å². The van der Waals surface area contributed by atoms with Crippen LogP contribution in [-0.2, 0) is 9.53 Å². The van der Waals surface area contributed by atoms with Gasteiger partial charge in [-0.25, -0.2) is 10.3 Å². The highest BCUT2D eigenvalue weighted by Crippen LogP contribution is 2.39. The molecule has 0 saturated heterocycles. The number of nitrogens with one attached hydrogen (secondary N) is 2. The first-order valence-electron chi connectivity index (χ1n) is 9.08.